The van der Waals surface area contributed by atoms with Gasteiger partial charge in [0.2, 0.25) is 0 Å². The molecule has 21 heavy (non-hydrogen) atoms. The van der Waals surface area contributed by atoms with Gasteiger partial charge in [-0.15, -0.1) is 0 Å². The van der Waals surface area contributed by atoms with Gasteiger partial charge in [0.25, 0.3) is 0 Å². The minimum atomic E-state index is 0.450. The zero-order valence-corrected chi connectivity index (χ0v) is 13.2. The Labute approximate surface area is 131 Å². The summed E-state index contributed by atoms with van der Waals surface area (Å²) in [6, 6.07) is 14.5. The zero-order valence-electron chi connectivity index (χ0n) is 11.6. The normalized spacial score (nSPS) is 17.1. The molecule has 1 aromatic carbocycles. The van der Waals surface area contributed by atoms with Crippen molar-refractivity contribution in [1.82, 2.24) is 9.38 Å². The summed E-state index contributed by atoms with van der Waals surface area (Å²) in [5.41, 5.74) is 4.28. The highest BCUT2D eigenvalue weighted by Gasteiger charge is 2.20. The molecule has 2 aromatic heterocycles. The van der Waals surface area contributed by atoms with Gasteiger partial charge in [0.05, 0.1) is 0 Å². The van der Waals surface area contributed by atoms with Gasteiger partial charge in [-0.2, -0.15) is 0 Å². The van der Waals surface area contributed by atoms with Gasteiger partial charge in [-0.05, 0) is 30.7 Å². The SMILES string of the molecule is C[C@@H]1CC=Nc2c(-c3ccc(Br)cc3)nc3cccc1n23. The van der Waals surface area contributed by atoms with E-state index in [0.717, 1.165) is 33.6 Å². The van der Waals surface area contributed by atoms with Crippen molar-refractivity contribution in [2.24, 2.45) is 4.99 Å². The van der Waals surface area contributed by atoms with Crippen LogP contribution >= 0.6 is 15.9 Å². The van der Waals surface area contributed by atoms with Crippen molar-refractivity contribution >= 4 is 33.6 Å². The lowest BCUT2D eigenvalue weighted by Crippen LogP contribution is -1.99. The molecule has 0 radical (unpaired) electrons. The smallest absolute Gasteiger partial charge is 0.164 e. The van der Waals surface area contributed by atoms with Gasteiger partial charge >= 0.3 is 0 Å². The average molecular weight is 340 g/mol. The number of imidazole rings is 1. The minimum Gasteiger partial charge on any atom is -0.281 e. The standard InChI is InChI=1S/C17H14BrN3/c1-11-9-10-19-17-16(12-5-7-13(18)8-6-12)20-15-4-2-3-14(11)21(15)17/h2-8,10-11H,9H2,1H3/t11-/m1/s1. The van der Waals surface area contributed by atoms with Crippen LogP contribution in [0.3, 0.4) is 0 Å². The summed E-state index contributed by atoms with van der Waals surface area (Å²) >= 11 is 3.48. The highest BCUT2D eigenvalue weighted by Crippen LogP contribution is 2.36. The highest BCUT2D eigenvalue weighted by atomic mass is 79.9. The zero-order chi connectivity index (χ0) is 14.4. The van der Waals surface area contributed by atoms with Gasteiger partial charge in [0, 0.05) is 27.9 Å². The van der Waals surface area contributed by atoms with E-state index in [1.807, 2.05) is 24.4 Å². The number of rotatable bonds is 1. The fraction of sp³-hybridized carbons (Fsp3) is 0.176. The Morgan fingerprint density at radius 2 is 1.95 bits per heavy atom. The van der Waals surface area contributed by atoms with E-state index in [4.69, 9.17) is 4.98 Å². The maximum absolute atomic E-state index is 4.79. The Bertz CT molecular complexity index is 846. The van der Waals surface area contributed by atoms with E-state index in [2.05, 4.69) is 56.5 Å². The Kier molecular flexibility index (Phi) is 2.93. The largest absolute Gasteiger partial charge is 0.281 e. The molecule has 0 spiro atoms. The topological polar surface area (TPSA) is 29.7 Å². The number of aliphatic imine (C=N–C) groups is 1. The molecule has 0 bridgehead atoms. The molecular weight excluding hydrogens is 326 g/mol. The van der Waals surface area contributed by atoms with E-state index in [1.165, 1.54) is 5.69 Å². The van der Waals surface area contributed by atoms with E-state index >= 15 is 0 Å². The van der Waals surface area contributed by atoms with Crippen LogP contribution in [0.15, 0.2) is 51.9 Å². The van der Waals surface area contributed by atoms with E-state index < -0.39 is 0 Å². The number of nitrogens with zero attached hydrogens (tertiary/aromatic N) is 3. The van der Waals surface area contributed by atoms with E-state index in [-0.39, 0.29) is 0 Å². The van der Waals surface area contributed by atoms with E-state index in [1.54, 1.807) is 0 Å². The van der Waals surface area contributed by atoms with Crippen LogP contribution < -0.4 is 0 Å². The molecule has 0 fully saturated rings. The molecule has 3 aromatic rings. The average Bonchev–Trinajstić information content (AvgIpc) is 2.77. The lowest BCUT2D eigenvalue weighted by molar-refractivity contribution is 0.770. The monoisotopic (exact) mass is 339 g/mol. The Morgan fingerprint density at radius 3 is 2.76 bits per heavy atom. The van der Waals surface area contributed by atoms with Crippen LogP contribution in [0.1, 0.15) is 25.0 Å². The van der Waals surface area contributed by atoms with Gasteiger partial charge in [-0.25, -0.2) is 9.98 Å². The molecular formula is C17H14BrN3. The third kappa shape index (κ3) is 2.02. The molecule has 0 amide bonds. The molecule has 0 saturated heterocycles. The van der Waals surface area contributed by atoms with Gasteiger partial charge in [-0.3, -0.25) is 4.40 Å². The predicted molar refractivity (Wildman–Crippen MR) is 89.5 cm³/mol. The first kappa shape index (κ1) is 12.8. The molecule has 1 atom stereocenters. The molecule has 3 heterocycles. The van der Waals surface area contributed by atoms with Crippen molar-refractivity contribution in [1.29, 1.82) is 0 Å². The molecule has 0 unspecified atom stereocenters. The van der Waals surface area contributed by atoms with Gasteiger partial charge in [-0.1, -0.05) is 41.1 Å². The molecule has 1 aliphatic rings. The minimum absolute atomic E-state index is 0.450. The lowest BCUT2D eigenvalue weighted by atomic mass is 10.0. The van der Waals surface area contributed by atoms with Crippen LogP contribution in [0.2, 0.25) is 0 Å². The lowest BCUT2D eigenvalue weighted by Gasteiger charge is -2.10. The summed E-state index contributed by atoms with van der Waals surface area (Å²) in [6.45, 7) is 2.23. The fourth-order valence-corrected chi connectivity index (χ4v) is 3.09. The number of aromatic nitrogens is 2. The maximum Gasteiger partial charge on any atom is 0.164 e. The van der Waals surface area contributed by atoms with E-state index in [0.29, 0.717) is 5.92 Å². The van der Waals surface area contributed by atoms with Crippen molar-refractivity contribution in [3.63, 3.8) is 0 Å². The summed E-state index contributed by atoms with van der Waals surface area (Å²) in [6.07, 6.45) is 2.97. The number of pyridine rings is 1. The van der Waals surface area contributed by atoms with Crippen LogP contribution in [0.5, 0.6) is 0 Å². The second-order valence-electron chi connectivity index (χ2n) is 5.38. The summed E-state index contributed by atoms with van der Waals surface area (Å²) in [7, 11) is 0. The van der Waals surface area contributed by atoms with Crippen molar-refractivity contribution in [2.45, 2.75) is 19.3 Å². The molecule has 1 aliphatic heterocycles. The van der Waals surface area contributed by atoms with Crippen molar-refractivity contribution in [2.75, 3.05) is 0 Å². The number of hydrogen-bond donors (Lipinski definition) is 0. The highest BCUT2D eigenvalue weighted by molar-refractivity contribution is 9.10. The van der Waals surface area contributed by atoms with Crippen molar-refractivity contribution in [3.8, 4) is 11.3 Å². The first-order valence-electron chi connectivity index (χ1n) is 7.04. The van der Waals surface area contributed by atoms with Gasteiger partial charge < -0.3 is 0 Å². The van der Waals surface area contributed by atoms with Crippen molar-refractivity contribution < 1.29 is 0 Å². The summed E-state index contributed by atoms with van der Waals surface area (Å²) < 4.78 is 3.25. The van der Waals surface area contributed by atoms with Gasteiger partial charge in [0.15, 0.2) is 5.82 Å². The van der Waals surface area contributed by atoms with Crippen LogP contribution in [0.4, 0.5) is 5.82 Å². The Balaban J connectivity index is 2.04. The Morgan fingerprint density at radius 1 is 1.14 bits per heavy atom. The van der Waals surface area contributed by atoms with Crippen LogP contribution in [-0.4, -0.2) is 15.6 Å². The first-order chi connectivity index (χ1) is 10.2. The molecule has 3 nitrogen and oxygen atoms in total. The molecule has 104 valence electrons. The van der Waals surface area contributed by atoms with Crippen LogP contribution in [-0.2, 0) is 0 Å². The third-order valence-corrected chi connectivity index (χ3v) is 4.47. The maximum atomic E-state index is 4.79. The summed E-state index contributed by atoms with van der Waals surface area (Å²) in [5, 5.41) is 0. The number of benzene rings is 1. The summed E-state index contributed by atoms with van der Waals surface area (Å²) in [4.78, 5) is 9.47. The number of halogens is 1. The van der Waals surface area contributed by atoms with Crippen LogP contribution in [0, 0.1) is 0 Å². The van der Waals surface area contributed by atoms with Gasteiger partial charge in [0.1, 0.15) is 11.3 Å². The predicted octanol–water partition coefficient (Wildman–Crippen LogP) is 4.97. The molecule has 0 aliphatic carbocycles. The molecule has 4 rings (SSSR count). The second kappa shape index (κ2) is 4.81. The van der Waals surface area contributed by atoms with Crippen LogP contribution in [0.25, 0.3) is 16.9 Å². The fourth-order valence-electron chi connectivity index (χ4n) is 2.83. The van der Waals surface area contributed by atoms with Crippen molar-refractivity contribution in [3.05, 3.63) is 52.6 Å². The van der Waals surface area contributed by atoms with E-state index in [9.17, 15) is 0 Å². The first-order valence-corrected chi connectivity index (χ1v) is 7.83. The third-order valence-electron chi connectivity index (χ3n) is 3.94. The molecule has 0 saturated carbocycles. The molecule has 4 heteroatoms. The molecule has 0 N–H and O–H groups in total. The Hall–Kier alpha value is -1.94. The quantitative estimate of drug-likeness (QED) is 0.615. The second-order valence-corrected chi connectivity index (χ2v) is 6.30. The summed E-state index contributed by atoms with van der Waals surface area (Å²) in [5.74, 6) is 1.39. The number of hydrogen-bond acceptors (Lipinski definition) is 2.